The predicted octanol–water partition coefficient (Wildman–Crippen LogP) is 6.19. The molecule has 100 valence electrons. The molecule has 0 aromatic heterocycles. The molecule has 0 bridgehead atoms. The molecule has 0 fully saturated rings. The van der Waals surface area contributed by atoms with E-state index >= 15 is 0 Å². The van der Waals surface area contributed by atoms with E-state index in [0.29, 0.717) is 0 Å². The van der Waals surface area contributed by atoms with Crippen molar-refractivity contribution in [1.82, 2.24) is 0 Å². The lowest BCUT2D eigenvalue weighted by Crippen LogP contribution is -2.31. The largest absolute Gasteiger partial charge is 0.0887 e. The number of rotatable bonds is 8. The van der Waals surface area contributed by atoms with Crippen molar-refractivity contribution in [3.8, 4) is 0 Å². The van der Waals surface area contributed by atoms with Gasteiger partial charge in [0.05, 0.1) is 8.07 Å². The Morgan fingerprint density at radius 2 is 1.53 bits per heavy atom. The molecule has 1 heteroatoms. The van der Waals surface area contributed by atoms with Crippen LogP contribution in [-0.2, 0) is 0 Å². The van der Waals surface area contributed by atoms with E-state index in [-0.39, 0.29) is 0 Å². The van der Waals surface area contributed by atoms with Crippen molar-refractivity contribution in [2.75, 3.05) is 0 Å². The molecular formula is C16H32Si. The van der Waals surface area contributed by atoms with Crippen LogP contribution < -0.4 is 0 Å². The zero-order valence-electron chi connectivity index (χ0n) is 12.9. The normalized spacial score (nSPS) is 12.7. The minimum atomic E-state index is -0.968. The van der Waals surface area contributed by atoms with Crippen molar-refractivity contribution in [3.05, 3.63) is 23.3 Å². The minimum Gasteiger partial charge on any atom is -0.0887 e. The number of hydrogen-bond acceptors (Lipinski definition) is 0. The van der Waals surface area contributed by atoms with Crippen molar-refractivity contribution in [3.63, 3.8) is 0 Å². The second-order valence-electron chi connectivity index (χ2n) is 5.50. The van der Waals surface area contributed by atoms with Gasteiger partial charge in [-0.2, -0.15) is 0 Å². The summed E-state index contributed by atoms with van der Waals surface area (Å²) in [5.41, 5.74) is 3.16. The SMILES string of the molecule is CC=C(CCC=C(C)C)C[Si](CC)(CC)CC. The van der Waals surface area contributed by atoms with Crippen LogP contribution >= 0.6 is 0 Å². The Labute approximate surface area is 110 Å². The molecule has 0 saturated carbocycles. The summed E-state index contributed by atoms with van der Waals surface area (Å²) in [4.78, 5) is 0. The molecule has 0 rings (SSSR count). The van der Waals surface area contributed by atoms with Gasteiger partial charge in [-0.15, -0.1) is 0 Å². The summed E-state index contributed by atoms with van der Waals surface area (Å²) in [5.74, 6) is 0. The van der Waals surface area contributed by atoms with Gasteiger partial charge in [0.2, 0.25) is 0 Å². The maximum atomic E-state index is 2.41. The Hall–Kier alpha value is -0.303. The Bertz CT molecular complexity index is 244. The van der Waals surface area contributed by atoms with E-state index in [9.17, 15) is 0 Å². The maximum absolute atomic E-state index is 2.41. The maximum Gasteiger partial charge on any atom is 0.0567 e. The average molecular weight is 253 g/mol. The fourth-order valence-corrected chi connectivity index (χ4v) is 6.08. The molecule has 0 unspecified atom stereocenters. The van der Waals surface area contributed by atoms with E-state index in [1.165, 1.54) is 42.6 Å². The van der Waals surface area contributed by atoms with Gasteiger partial charge in [0, 0.05) is 0 Å². The van der Waals surface area contributed by atoms with Gasteiger partial charge >= 0.3 is 0 Å². The second-order valence-corrected chi connectivity index (χ2v) is 11.0. The molecule has 0 N–H and O–H groups in total. The third-order valence-corrected chi connectivity index (χ3v) is 9.98. The van der Waals surface area contributed by atoms with Crippen LogP contribution in [0, 0.1) is 0 Å². The first kappa shape index (κ1) is 16.7. The highest BCUT2D eigenvalue weighted by Crippen LogP contribution is 2.30. The summed E-state index contributed by atoms with van der Waals surface area (Å²) in [6.45, 7) is 13.8. The lowest BCUT2D eigenvalue weighted by molar-refractivity contribution is 0.943. The molecule has 0 radical (unpaired) electrons. The minimum absolute atomic E-state index is 0.968. The fourth-order valence-electron chi connectivity index (χ4n) is 2.49. The molecule has 0 aromatic carbocycles. The molecule has 0 atom stereocenters. The summed E-state index contributed by atoms with van der Waals surface area (Å²) in [5, 5.41) is 0. The third-order valence-electron chi connectivity index (χ3n) is 4.28. The van der Waals surface area contributed by atoms with Gasteiger partial charge in [0.25, 0.3) is 0 Å². The molecule has 0 heterocycles. The van der Waals surface area contributed by atoms with Crippen molar-refractivity contribution < 1.29 is 0 Å². The fraction of sp³-hybridized carbons (Fsp3) is 0.750. The average Bonchev–Trinajstić information content (AvgIpc) is 2.34. The van der Waals surface area contributed by atoms with E-state index in [0.717, 1.165) is 0 Å². The zero-order valence-corrected chi connectivity index (χ0v) is 13.9. The number of allylic oxidation sites excluding steroid dienone is 4. The molecule has 0 saturated heterocycles. The van der Waals surface area contributed by atoms with Crippen LogP contribution in [0.1, 0.15) is 54.4 Å². The van der Waals surface area contributed by atoms with Crippen LogP contribution in [0.3, 0.4) is 0 Å². The summed E-state index contributed by atoms with van der Waals surface area (Å²) in [6, 6.07) is 5.77. The third kappa shape index (κ3) is 6.26. The van der Waals surface area contributed by atoms with E-state index in [4.69, 9.17) is 0 Å². The van der Waals surface area contributed by atoms with Crippen LogP contribution in [0.25, 0.3) is 0 Å². The first-order valence-corrected chi connectivity index (χ1v) is 10.1. The van der Waals surface area contributed by atoms with Crippen molar-refractivity contribution >= 4 is 8.07 Å². The van der Waals surface area contributed by atoms with Gasteiger partial charge in [0.1, 0.15) is 0 Å². The first-order chi connectivity index (χ1) is 8.03. The Morgan fingerprint density at radius 3 is 1.88 bits per heavy atom. The van der Waals surface area contributed by atoms with Crippen LogP contribution in [0.5, 0.6) is 0 Å². The van der Waals surface area contributed by atoms with Crippen LogP contribution in [0.4, 0.5) is 0 Å². The Morgan fingerprint density at radius 1 is 1.00 bits per heavy atom. The van der Waals surface area contributed by atoms with Gasteiger partial charge in [-0.3, -0.25) is 0 Å². The van der Waals surface area contributed by atoms with Crippen molar-refractivity contribution in [2.24, 2.45) is 0 Å². The van der Waals surface area contributed by atoms with Gasteiger partial charge in [0.15, 0.2) is 0 Å². The van der Waals surface area contributed by atoms with Crippen molar-refractivity contribution in [1.29, 1.82) is 0 Å². The molecule has 0 aromatic rings. The van der Waals surface area contributed by atoms with Gasteiger partial charge in [-0.25, -0.2) is 0 Å². The molecule has 0 nitrogen and oxygen atoms in total. The molecule has 0 spiro atoms. The zero-order chi connectivity index (χ0) is 13.3. The lowest BCUT2D eigenvalue weighted by atomic mass is 10.1. The van der Waals surface area contributed by atoms with Crippen molar-refractivity contribution in [2.45, 2.75) is 78.6 Å². The summed E-state index contributed by atoms with van der Waals surface area (Å²) >= 11 is 0. The van der Waals surface area contributed by atoms with Gasteiger partial charge in [-0.05, 0) is 39.7 Å². The Balaban J connectivity index is 4.44. The van der Waals surface area contributed by atoms with E-state index in [2.05, 4.69) is 53.7 Å². The van der Waals surface area contributed by atoms with Crippen LogP contribution in [0.15, 0.2) is 23.3 Å². The smallest absolute Gasteiger partial charge is 0.0567 e. The quantitative estimate of drug-likeness (QED) is 0.357. The predicted molar refractivity (Wildman–Crippen MR) is 84.4 cm³/mol. The molecule has 0 aliphatic heterocycles. The van der Waals surface area contributed by atoms with Gasteiger partial charge in [-0.1, -0.05) is 62.2 Å². The highest BCUT2D eigenvalue weighted by molar-refractivity contribution is 6.80. The number of hydrogen-bond donors (Lipinski definition) is 0. The van der Waals surface area contributed by atoms with Crippen LogP contribution in [-0.4, -0.2) is 8.07 Å². The second kappa shape index (κ2) is 8.74. The summed E-state index contributed by atoms with van der Waals surface area (Å²) in [6.07, 6.45) is 7.25. The monoisotopic (exact) mass is 252 g/mol. The van der Waals surface area contributed by atoms with E-state index in [1.807, 2.05) is 0 Å². The van der Waals surface area contributed by atoms with Gasteiger partial charge < -0.3 is 0 Å². The molecule has 0 aliphatic rings. The highest BCUT2D eigenvalue weighted by atomic mass is 28.3. The molecule has 17 heavy (non-hydrogen) atoms. The lowest BCUT2D eigenvalue weighted by Gasteiger charge is -2.29. The molecule has 0 aliphatic carbocycles. The Kier molecular flexibility index (Phi) is 8.58. The molecule has 0 amide bonds. The standard InChI is InChI=1S/C16H32Si/c1-7-16(13-11-12-15(5)6)14-17(8-2,9-3)10-4/h7,12H,8-11,13-14H2,1-6H3. The van der Waals surface area contributed by atoms with E-state index in [1.54, 1.807) is 5.57 Å². The molecular weight excluding hydrogens is 220 g/mol. The topological polar surface area (TPSA) is 0 Å². The van der Waals surface area contributed by atoms with E-state index < -0.39 is 8.07 Å². The summed E-state index contributed by atoms with van der Waals surface area (Å²) in [7, 11) is -0.968. The van der Waals surface area contributed by atoms with Crippen LogP contribution in [0.2, 0.25) is 24.2 Å². The summed E-state index contributed by atoms with van der Waals surface area (Å²) < 4.78 is 0. The first-order valence-electron chi connectivity index (χ1n) is 7.31. The highest BCUT2D eigenvalue weighted by Gasteiger charge is 2.27.